The van der Waals surface area contributed by atoms with Gasteiger partial charge in [0.15, 0.2) is 0 Å². The summed E-state index contributed by atoms with van der Waals surface area (Å²) in [5, 5.41) is 9.95. The molecule has 2 aromatic rings. The smallest absolute Gasteiger partial charge is 0.138 e. The Morgan fingerprint density at radius 1 is 1.00 bits per heavy atom. The fourth-order valence-electron chi connectivity index (χ4n) is 3.05. The van der Waals surface area contributed by atoms with Crippen LogP contribution in [0.3, 0.4) is 0 Å². The highest BCUT2D eigenvalue weighted by Gasteiger charge is 2.13. The van der Waals surface area contributed by atoms with Gasteiger partial charge in [-0.1, -0.05) is 64.0 Å². The van der Waals surface area contributed by atoms with E-state index in [2.05, 4.69) is 22.5 Å². The molecule has 0 radical (unpaired) electrons. The van der Waals surface area contributed by atoms with Crippen molar-refractivity contribution in [2.45, 2.75) is 77.9 Å². The van der Waals surface area contributed by atoms with Crippen LogP contribution in [0, 0.1) is 0 Å². The van der Waals surface area contributed by atoms with Crippen LogP contribution in [-0.4, -0.2) is 14.7 Å². The maximum Gasteiger partial charge on any atom is 0.138 e. The number of aliphatic hydroxyl groups is 1. The topological polar surface area (TPSA) is 38.0 Å². The molecule has 0 saturated heterocycles. The minimum absolute atomic E-state index is 0.513. The molecule has 122 valence electrons. The molecule has 0 fully saturated rings. The van der Waals surface area contributed by atoms with Crippen LogP contribution in [0.15, 0.2) is 24.3 Å². The molecule has 1 heterocycles. The third-order valence-electron chi connectivity index (χ3n) is 4.29. The van der Waals surface area contributed by atoms with Crippen LogP contribution < -0.4 is 0 Å². The van der Waals surface area contributed by atoms with E-state index in [4.69, 9.17) is 0 Å². The number of unbranched alkanes of at least 4 members (excludes halogenated alkanes) is 7. The van der Waals surface area contributed by atoms with E-state index in [0.29, 0.717) is 0 Å². The summed E-state index contributed by atoms with van der Waals surface area (Å²) >= 11 is 0. The summed E-state index contributed by atoms with van der Waals surface area (Å²) < 4.78 is 2.19. The van der Waals surface area contributed by atoms with Gasteiger partial charge in [-0.15, -0.1) is 0 Å². The zero-order chi connectivity index (χ0) is 15.8. The lowest BCUT2D eigenvalue weighted by atomic mass is 10.1. The van der Waals surface area contributed by atoms with Crippen molar-refractivity contribution in [3.63, 3.8) is 0 Å². The van der Waals surface area contributed by atoms with Crippen molar-refractivity contribution in [1.82, 2.24) is 9.55 Å². The number of aryl methyl sites for hydroxylation is 1. The minimum Gasteiger partial charge on any atom is -0.385 e. The third-order valence-corrected chi connectivity index (χ3v) is 4.29. The Balaban J connectivity index is 1.84. The first-order valence-electron chi connectivity index (χ1n) is 8.87. The molecule has 0 unspecified atom stereocenters. The van der Waals surface area contributed by atoms with E-state index in [0.717, 1.165) is 29.8 Å². The van der Waals surface area contributed by atoms with Crippen LogP contribution in [0.2, 0.25) is 0 Å². The van der Waals surface area contributed by atoms with Gasteiger partial charge in [0.2, 0.25) is 0 Å². The van der Waals surface area contributed by atoms with Gasteiger partial charge >= 0.3 is 0 Å². The second-order valence-corrected chi connectivity index (χ2v) is 6.26. The normalized spacial score (nSPS) is 12.9. The summed E-state index contributed by atoms with van der Waals surface area (Å²) in [4.78, 5) is 4.57. The van der Waals surface area contributed by atoms with Crippen LogP contribution in [0.4, 0.5) is 0 Å². The van der Waals surface area contributed by atoms with Gasteiger partial charge in [-0.2, -0.15) is 0 Å². The van der Waals surface area contributed by atoms with Crippen molar-refractivity contribution in [2.75, 3.05) is 0 Å². The summed E-state index contributed by atoms with van der Waals surface area (Å²) in [7, 11) is 0. The molecule has 0 amide bonds. The Bertz CT molecular complexity index is 560. The average Bonchev–Trinajstić information content (AvgIpc) is 2.89. The Labute approximate surface area is 134 Å². The highest BCUT2D eigenvalue weighted by molar-refractivity contribution is 5.75. The van der Waals surface area contributed by atoms with Gasteiger partial charge in [-0.3, -0.25) is 0 Å². The molecule has 0 spiro atoms. The van der Waals surface area contributed by atoms with Crippen LogP contribution in [0.1, 0.15) is 77.1 Å². The van der Waals surface area contributed by atoms with Gasteiger partial charge in [0, 0.05) is 6.54 Å². The lowest BCUT2D eigenvalue weighted by Gasteiger charge is -2.11. The van der Waals surface area contributed by atoms with Crippen molar-refractivity contribution in [3.05, 3.63) is 30.1 Å². The molecule has 0 bridgehead atoms. The summed E-state index contributed by atoms with van der Waals surface area (Å²) in [5.41, 5.74) is 2.12. The first-order chi connectivity index (χ1) is 10.7. The molecule has 0 saturated carbocycles. The third kappa shape index (κ3) is 4.57. The minimum atomic E-state index is -0.513. The highest BCUT2D eigenvalue weighted by Crippen LogP contribution is 2.21. The van der Waals surface area contributed by atoms with E-state index in [1.54, 1.807) is 6.92 Å². The summed E-state index contributed by atoms with van der Waals surface area (Å²) in [6.45, 7) is 5.01. The van der Waals surface area contributed by atoms with Crippen molar-refractivity contribution in [3.8, 4) is 0 Å². The van der Waals surface area contributed by atoms with Gasteiger partial charge in [-0.05, 0) is 25.5 Å². The van der Waals surface area contributed by atoms with Gasteiger partial charge in [-0.25, -0.2) is 4.98 Å². The van der Waals surface area contributed by atoms with Crippen molar-refractivity contribution < 1.29 is 5.11 Å². The Morgan fingerprint density at radius 2 is 1.64 bits per heavy atom. The molecule has 2 rings (SSSR count). The lowest BCUT2D eigenvalue weighted by molar-refractivity contribution is 0.184. The average molecular weight is 302 g/mol. The van der Waals surface area contributed by atoms with Crippen molar-refractivity contribution in [2.24, 2.45) is 0 Å². The van der Waals surface area contributed by atoms with E-state index in [1.165, 1.54) is 44.9 Å². The van der Waals surface area contributed by atoms with E-state index in [-0.39, 0.29) is 0 Å². The predicted molar refractivity (Wildman–Crippen MR) is 93.0 cm³/mol. The Morgan fingerprint density at radius 3 is 2.32 bits per heavy atom. The fraction of sp³-hybridized carbons (Fsp3) is 0.632. The zero-order valence-electron chi connectivity index (χ0n) is 14.1. The number of hydrogen-bond acceptors (Lipinski definition) is 2. The van der Waals surface area contributed by atoms with Crippen molar-refractivity contribution in [1.29, 1.82) is 0 Å². The van der Waals surface area contributed by atoms with Crippen LogP contribution in [0.5, 0.6) is 0 Å². The lowest BCUT2D eigenvalue weighted by Crippen LogP contribution is -2.07. The van der Waals surface area contributed by atoms with Crippen LogP contribution in [0.25, 0.3) is 11.0 Å². The SMILES string of the molecule is CCCCCCCCCCn1c([C@@H](C)O)nc2ccccc21. The molecule has 0 aliphatic rings. The monoisotopic (exact) mass is 302 g/mol. The fourth-order valence-corrected chi connectivity index (χ4v) is 3.05. The quantitative estimate of drug-likeness (QED) is 0.610. The highest BCUT2D eigenvalue weighted by atomic mass is 16.3. The number of aliphatic hydroxyl groups excluding tert-OH is 1. The molecule has 0 aliphatic heterocycles. The first kappa shape index (κ1) is 17.0. The van der Waals surface area contributed by atoms with Crippen LogP contribution in [-0.2, 0) is 6.54 Å². The number of fused-ring (bicyclic) bond motifs is 1. The maximum absolute atomic E-state index is 9.95. The van der Waals surface area contributed by atoms with Gasteiger partial charge in [0.05, 0.1) is 11.0 Å². The number of imidazole rings is 1. The number of hydrogen-bond donors (Lipinski definition) is 1. The number of aromatic nitrogens is 2. The van der Waals surface area contributed by atoms with Crippen LogP contribution >= 0.6 is 0 Å². The molecule has 22 heavy (non-hydrogen) atoms. The second-order valence-electron chi connectivity index (χ2n) is 6.26. The molecule has 1 atom stereocenters. The predicted octanol–water partition coefficient (Wildman–Crippen LogP) is 5.23. The van der Waals surface area contributed by atoms with Crippen molar-refractivity contribution >= 4 is 11.0 Å². The molecule has 3 nitrogen and oxygen atoms in total. The maximum atomic E-state index is 9.95. The zero-order valence-corrected chi connectivity index (χ0v) is 14.1. The molecular formula is C19H30N2O. The largest absolute Gasteiger partial charge is 0.385 e. The molecule has 0 aliphatic carbocycles. The Hall–Kier alpha value is -1.35. The van der Waals surface area contributed by atoms with E-state index in [9.17, 15) is 5.11 Å². The standard InChI is InChI=1S/C19H30N2O/c1-3-4-5-6-7-8-9-12-15-21-18-14-11-10-13-17(18)20-19(21)16(2)22/h10-11,13-14,16,22H,3-9,12,15H2,1-2H3/t16-/m1/s1. The van der Waals surface area contributed by atoms with E-state index >= 15 is 0 Å². The number of para-hydroxylation sites is 2. The summed E-state index contributed by atoms with van der Waals surface area (Å²) in [6, 6.07) is 8.16. The van der Waals surface area contributed by atoms with E-state index in [1.807, 2.05) is 18.2 Å². The van der Waals surface area contributed by atoms with Gasteiger partial charge < -0.3 is 9.67 Å². The summed E-state index contributed by atoms with van der Waals surface area (Å²) in [6.07, 6.45) is 10.0. The summed E-state index contributed by atoms with van der Waals surface area (Å²) in [5.74, 6) is 0.796. The molecule has 3 heteroatoms. The number of rotatable bonds is 10. The second kappa shape index (κ2) is 8.94. The number of benzene rings is 1. The first-order valence-corrected chi connectivity index (χ1v) is 8.87. The molecule has 1 aromatic heterocycles. The molecule has 1 aromatic carbocycles. The van der Waals surface area contributed by atoms with Gasteiger partial charge in [0.1, 0.15) is 11.9 Å². The molecule has 1 N–H and O–H groups in total. The number of nitrogens with zero attached hydrogens (tertiary/aromatic N) is 2. The Kier molecular flexibility index (Phi) is 6.91. The molecular weight excluding hydrogens is 272 g/mol. The van der Waals surface area contributed by atoms with Gasteiger partial charge in [0.25, 0.3) is 0 Å². The van der Waals surface area contributed by atoms with E-state index < -0.39 is 6.10 Å².